The van der Waals surface area contributed by atoms with Gasteiger partial charge in [0.2, 0.25) is 0 Å². The van der Waals surface area contributed by atoms with Crippen molar-refractivity contribution in [1.82, 2.24) is 5.32 Å². The van der Waals surface area contributed by atoms with Gasteiger partial charge in [0.1, 0.15) is 0 Å². The number of hydrogen-bond acceptors (Lipinski definition) is 2. The van der Waals surface area contributed by atoms with Crippen molar-refractivity contribution in [2.45, 2.75) is 26.3 Å². The third kappa shape index (κ3) is 3.96. The molecule has 0 aliphatic carbocycles. The summed E-state index contributed by atoms with van der Waals surface area (Å²) in [6, 6.07) is 10.6. The van der Waals surface area contributed by atoms with Gasteiger partial charge in [0, 0.05) is 15.8 Å². The zero-order chi connectivity index (χ0) is 13.8. The summed E-state index contributed by atoms with van der Waals surface area (Å²) >= 11 is 13.9. The summed E-state index contributed by atoms with van der Waals surface area (Å²) in [5.41, 5.74) is 1.20. The highest BCUT2D eigenvalue weighted by Crippen LogP contribution is 2.28. The number of rotatable bonds is 5. The molecular weight excluding hydrogens is 297 g/mol. The van der Waals surface area contributed by atoms with Crippen LogP contribution in [0.5, 0.6) is 0 Å². The fourth-order valence-corrected chi connectivity index (χ4v) is 3.34. The first kappa shape index (κ1) is 14.9. The molecule has 0 saturated carbocycles. The second-order valence-corrected chi connectivity index (χ2v) is 6.65. The molecule has 4 heteroatoms. The highest BCUT2D eigenvalue weighted by Gasteiger charge is 2.13. The Bertz CT molecular complexity index is 551. The van der Waals surface area contributed by atoms with E-state index >= 15 is 0 Å². The number of benzene rings is 1. The molecule has 0 amide bonds. The first-order valence-corrected chi connectivity index (χ1v) is 7.91. The molecule has 2 aromatic rings. The van der Waals surface area contributed by atoms with Gasteiger partial charge in [0.15, 0.2) is 0 Å². The van der Waals surface area contributed by atoms with Crippen molar-refractivity contribution in [3.8, 4) is 0 Å². The van der Waals surface area contributed by atoms with Crippen molar-refractivity contribution >= 4 is 34.5 Å². The van der Waals surface area contributed by atoms with E-state index < -0.39 is 0 Å². The van der Waals surface area contributed by atoms with E-state index in [4.69, 9.17) is 23.2 Å². The number of nitrogens with one attached hydrogen (secondary N) is 1. The van der Waals surface area contributed by atoms with Crippen LogP contribution >= 0.6 is 34.5 Å². The molecule has 0 bridgehead atoms. The summed E-state index contributed by atoms with van der Waals surface area (Å²) in [6.07, 6.45) is 0.921. The molecule has 102 valence electrons. The topological polar surface area (TPSA) is 12.0 Å². The Morgan fingerprint density at radius 2 is 1.95 bits per heavy atom. The zero-order valence-corrected chi connectivity index (χ0v) is 13.4. The van der Waals surface area contributed by atoms with Crippen molar-refractivity contribution < 1.29 is 0 Å². The Hall–Kier alpha value is -0.540. The molecule has 0 saturated heterocycles. The first-order chi connectivity index (χ1) is 9.10. The van der Waals surface area contributed by atoms with Crippen molar-refractivity contribution in [2.24, 2.45) is 0 Å². The number of likely N-dealkylation sites (N-methyl/N-ethyl adjacent to an activating group) is 1. The van der Waals surface area contributed by atoms with Gasteiger partial charge in [-0.3, -0.25) is 0 Å². The van der Waals surface area contributed by atoms with E-state index in [1.54, 1.807) is 0 Å². The Morgan fingerprint density at radius 1 is 1.16 bits per heavy atom. The highest BCUT2D eigenvalue weighted by molar-refractivity contribution is 7.12. The van der Waals surface area contributed by atoms with E-state index in [1.807, 2.05) is 29.5 Å². The molecule has 0 fully saturated rings. The van der Waals surface area contributed by atoms with Gasteiger partial charge in [-0.15, -0.1) is 11.3 Å². The van der Waals surface area contributed by atoms with Gasteiger partial charge in [-0.2, -0.15) is 0 Å². The van der Waals surface area contributed by atoms with Crippen LogP contribution in [0.25, 0.3) is 0 Å². The molecule has 1 unspecified atom stereocenters. The Labute approximate surface area is 128 Å². The van der Waals surface area contributed by atoms with Crippen LogP contribution in [0, 0.1) is 6.92 Å². The van der Waals surface area contributed by atoms with Crippen molar-refractivity contribution in [3.63, 3.8) is 0 Å². The minimum Gasteiger partial charge on any atom is -0.309 e. The van der Waals surface area contributed by atoms with E-state index in [1.165, 1.54) is 15.3 Å². The first-order valence-electron chi connectivity index (χ1n) is 6.33. The largest absolute Gasteiger partial charge is 0.309 e. The molecule has 19 heavy (non-hydrogen) atoms. The molecule has 0 aliphatic rings. The third-order valence-corrected chi connectivity index (χ3v) is 4.83. The Morgan fingerprint density at radius 3 is 2.53 bits per heavy atom. The summed E-state index contributed by atoms with van der Waals surface area (Å²) in [4.78, 5) is 2.71. The molecule has 1 heterocycles. The molecule has 2 rings (SSSR count). The standard InChI is InChI=1S/C15H17Cl2NS/c1-3-18-14(15-7-4-10(2)19-15)9-11-5-6-12(16)13(17)8-11/h4-8,14,18H,3,9H2,1-2H3. The number of thiophene rings is 1. The normalized spacial score (nSPS) is 12.6. The molecular formula is C15H17Cl2NS. The van der Waals surface area contributed by atoms with Crippen molar-refractivity contribution in [3.05, 3.63) is 55.7 Å². The lowest BCUT2D eigenvalue weighted by Crippen LogP contribution is -2.22. The summed E-state index contributed by atoms with van der Waals surface area (Å²) in [7, 11) is 0. The monoisotopic (exact) mass is 313 g/mol. The van der Waals surface area contributed by atoms with Crippen molar-refractivity contribution in [2.75, 3.05) is 6.54 Å². The predicted molar refractivity (Wildman–Crippen MR) is 85.6 cm³/mol. The van der Waals surface area contributed by atoms with Crippen LogP contribution in [0.4, 0.5) is 0 Å². The lowest BCUT2D eigenvalue weighted by molar-refractivity contribution is 0.558. The van der Waals surface area contributed by atoms with Crippen LogP contribution in [-0.4, -0.2) is 6.54 Å². The SMILES string of the molecule is CCNC(Cc1ccc(Cl)c(Cl)c1)c1ccc(C)s1. The average Bonchev–Trinajstić information content (AvgIpc) is 2.80. The number of aryl methyl sites for hydroxylation is 1. The predicted octanol–water partition coefficient (Wildman–Crippen LogP) is 5.26. The Kier molecular flexibility index (Phi) is 5.28. The lowest BCUT2D eigenvalue weighted by atomic mass is 10.0. The summed E-state index contributed by atoms with van der Waals surface area (Å²) in [6.45, 7) is 5.21. The van der Waals surface area contributed by atoms with Crippen LogP contribution in [0.3, 0.4) is 0 Å². The molecule has 0 spiro atoms. The van der Waals surface area contributed by atoms with Gasteiger partial charge >= 0.3 is 0 Å². The fraction of sp³-hybridized carbons (Fsp3) is 0.333. The summed E-state index contributed by atoms with van der Waals surface area (Å²) in [5.74, 6) is 0. The quantitative estimate of drug-likeness (QED) is 0.794. The number of hydrogen-bond donors (Lipinski definition) is 1. The van der Waals surface area contributed by atoms with Crippen LogP contribution in [0.15, 0.2) is 30.3 Å². The maximum absolute atomic E-state index is 6.07. The number of halogens is 2. The lowest BCUT2D eigenvalue weighted by Gasteiger charge is -2.17. The van der Waals surface area contributed by atoms with Gasteiger partial charge in [0.25, 0.3) is 0 Å². The van der Waals surface area contributed by atoms with Crippen LogP contribution in [0.2, 0.25) is 10.0 Å². The van der Waals surface area contributed by atoms with Gasteiger partial charge in [-0.1, -0.05) is 36.2 Å². The van der Waals surface area contributed by atoms with Gasteiger partial charge in [-0.25, -0.2) is 0 Å². The minimum atomic E-state index is 0.334. The second kappa shape index (κ2) is 6.76. The summed E-state index contributed by atoms with van der Waals surface area (Å²) in [5, 5.41) is 4.76. The van der Waals surface area contributed by atoms with E-state index in [-0.39, 0.29) is 0 Å². The maximum atomic E-state index is 6.07. The molecule has 0 aliphatic heterocycles. The highest BCUT2D eigenvalue weighted by atomic mass is 35.5. The van der Waals surface area contributed by atoms with Gasteiger partial charge < -0.3 is 5.32 Å². The van der Waals surface area contributed by atoms with E-state index in [2.05, 4.69) is 31.3 Å². The van der Waals surface area contributed by atoms with Crippen LogP contribution in [0.1, 0.15) is 28.3 Å². The molecule has 1 nitrogen and oxygen atoms in total. The zero-order valence-electron chi connectivity index (χ0n) is 11.0. The second-order valence-electron chi connectivity index (χ2n) is 4.51. The molecule has 1 N–H and O–H groups in total. The third-order valence-electron chi connectivity index (χ3n) is 2.98. The maximum Gasteiger partial charge on any atom is 0.0595 e. The molecule has 1 atom stereocenters. The fourth-order valence-electron chi connectivity index (χ4n) is 2.06. The molecule has 0 radical (unpaired) electrons. The van der Waals surface area contributed by atoms with E-state index in [0.717, 1.165) is 13.0 Å². The van der Waals surface area contributed by atoms with Gasteiger partial charge in [-0.05, 0) is 49.7 Å². The van der Waals surface area contributed by atoms with Gasteiger partial charge in [0.05, 0.1) is 10.0 Å². The van der Waals surface area contributed by atoms with E-state index in [0.29, 0.717) is 16.1 Å². The van der Waals surface area contributed by atoms with Crippen molar-refractivity contribution in [1.29, 1.82) is 0 Å². The van der Waals surface area contributed by atoms with E-state index in [9.17, 15) is 0 Å². The molecule has 1 aromatic carbocycles. The van der Waals surface area contributed by atoms with Crippen LogP contribution in [-0.2, 0) is 6.42 Å². The average molecular weight is 314 g/mol. The summed E-state index contributed by atoms with van der Waals surface area (Å²) < 4.78 is 0. The minimum absolute atomic E-state index is 0.334. The smallest absolute Gasteiger partial charge is 0.0595 e. The molecule has 1 aromatic heterocycles. The Balaban J connectivity index is 2.18. The van der Waals surface area contributed by atoms with Crippen LogP contribution < -0.4 is 5.32 Å².